The average Bonchev–Trinajstić information content (AvgIpc) is 3.13. The van der Waals surface area contributed by atoms with Gasteiger partial charge in [-0.05, 0) is 54.0 Å². The van der Waals surface area contributed by atoms with E-state index in [0.29, 0.717) is 26.2 Å². The van der Waals surface area contributed by atoms with Gasteiger partial charge >= 0.3 is 5.97 Å². The van der Waals surface area contributed by atoms with Crippen molar-refractivity contribution in [2.45, 2.75) is 19.9 Å². The molecule has 2 heterocycles. The van der Waals surface area contributed by atoms with Gasteiger partial charge in [0.15, 0.2) is 4.80 Å². The standard InChI is InChI=1S/C27H21FN2O3S/c1-3-33-26(32)23-16(2)29-27-30(24(23)21-10-6-8-18-7-4-5-9-20(18)21)25(31)22(34-27)15-17-11-13-19(28)14-12-17/h4-15,24H,3H2,1-2H3/b22-15+/t24-/m1/s1. The Labute approximate surface area is 198 Å². The fraction of sp³-hybridized carbons (Fsp3) is 0.148. The Morgan fingerprint density at radius 3 is 2.62 bits per heavy atom. The van der Waals surface area contributed by atoms with Crippen LogP contribution in [0.2, 0.25) is 0 Å². The van der Waals surface area contributed by atoms with E-state index in [-0.39, 0.29) is 18.0 Å². The largest absolute Gasteiger partial charge is 0.463 e. The molecular weight excluding hydrogens is 451 g/mol. The molecule has 7 heteroatoms. The number of hydrogen-bond donors (Lipinski definition) is 0. The first-order chi connectivity index (χ1) is 16.5. The number of halogens is 1. The van der Waals surface area contributed by atoms with Gasteiger partial charge in [0.1, 0.15) is 5.82 Å². The third-order valence-electron chi connectivity index (χ3n) is 5.80. The highest BCUT2D eigenvalue weighted by Crippen LogP contribution is 2.34. The van der Waals surface area contributed by atoms with Crippen LogP contribution in [0.15, 0.2) is 87.8 Å². The van der Waals surface area contributed by atoms with Crippen LogP contribution >= 0.6 is 11.3 Å². The Balaban J connectivity index is 1.80. The van der Waals surface area contributed by atoms with E-state index in [9.17, 15) is 14.0 Å². The summed E-state index contributed by atoms with van der Waals surface area (Å²) in [6.07, 6.45) is 1.72. The minimum atomic E-state index is -0.684. The number of fused-ring (bicyclic) bond motifs is 2. The van der Waals surface area contributed by atoms with Crippen molar-refractivity contribution in [2.24, 2.45) is 4.99 Å². The van der Waals surface area contributed by atoms with Crippen molar-refractivity contribution in [2.75, 3.05) is 6.61 Å². The van der Waals surface area contributed by atoms with Crippen LogP contribution in [0, 0.1) is 5.82 Å². The van der Waals surface area contributed by atoms with Gasteiger partial charge < -0.3 is 4.74 Å². The number of carbonyl (C=O) groups excluding carboxylic acids is 1. The molecule has 0 radical (unpaired) electrons. The molecule has 1 aliphatic rings. The fourth-order valence-corrected chi connectivity index (χ4v) is 5.33. The molecule has 1 aromatic heterocycles. The van der Waals surface area contributed by atoms with Crippen LogP contribution in [-0.4, -0.2) is 17.1 Å². The molecular formula is C27H21FN2O3S. The summed E-state index contributed by atoms with van der Waals surface area (Å²) in [4.78, 5) is 31.9. The summed E-state index contributed by atoms with van der Waals surface area (Å²) in [6, 6.07) is 19.0. The highest BCUT2D eigenvalue weighted by molar-refractivity contribution is 7.07. The summed E-state index contributed by atoms with van der Waals surface area (Å²) in [7, 11) is 0. The molecule has 0 saturated heterocycles. The lowest BCUT2D eigenvalue weighted by atomic mass is 9.91. The van der Waals surface area contributed by atoms with Crippen molar-refractivity contribution in [3.05, 3.63) is 115 Å². The van der Waals surface area contributed by atoms with Crippen LogP contribution in [-0.2, 0) is 9.53 Å². The van der Waals surface area contributed by atoms with Gasteiger partial charge in [-0.1, -0.05) is 65.9 Å². The van der Waals surface area contributed by atoms with Gasteiger partial charge in [-0.2, -0.15) is 0 Å². The van der Waals surface area contributed by atoms with Crippen molar-refractivity contribution >= 4 is 34.2 Å². The van der Waals surface area contributed by atoms with Crippen molar-refractivity contribution < 1.29 is 13.9 Å². The maximum atomic E-state index is 13.7. The van der Waals surface area contributed by atoms with Crippen molar-refractivity contribution in [3.63, 3.8) is 0 Å². The molecule has 0 N–H and O–H groups in total. The number of hydrogen-bond acceptors (Lipinski definition) is 5. The first kappa shape index (κ1) is 22.0. The van der Waals surface area contributed by atoms with Gasteiger partial charge in [0.05, 0.1) is 28.5 Å². The Hall–Kier alpha value is -3.84. The summed E-state index contributed by atoms with van der Waals surface area (Å²) in [5.41, 5.74) is 2.13. The number of esters is 1. The van der Waals surface area contributed by atoms with Gasteiger partial charge in [-0.25, -0.2) is 14.2 Å². The zero-order chi connectivity index (χ0) is 23.8. The zero-order valence-corrected chi connectivity index (χ0v) is 19.4. The number of allylic oxidation sites excluding steroid dienone is 1. The Morgan fingerprint density at radius 1 is 1.12 bits per heavy atom. The summed E-state index contributed by atoms with van der Waals surface area (Å²) in [5.74, 6) is -0.834. The van der Waals surface area contributed by atoms with Crippen LogP contribution in [0.25, 0.3) is 16.8 Å². The molecule has 0 unspecified atom stereocenters. The van der Waals surface area contributed by atoms with Gasteiger partial charge in [0.2, 0.25) is 0 Å². The molecule has 0 fully saturated rings. The van der Waals surface area contributed by atoms with Crippen LogP contribution in [0.3, 0.4) is 0 Å². The highest BCUT2D eigenvalue weighted by atomic mass is 32.1. The topological polar surface area (TPSA) is 60.7 Å². The third kappa shape index (κ3) is 3.78. The van der Waals surface area contributed by atoms with Crippen molar-refractivity contribution in [1.29, 1.82) is 0 Å². The van der Waals surface area contributed by atoms with Crippen LogP contribution < -0.4 is 14.9 Å². The predicted molar refractivity (Wildman–Crippen MR) is 131 cm³/mol. The van der Waals surface area contributed by atoms with Crippen LogP contribution in [0.4, 0.5) is 4.39 Å². The number of benzene rings is 3. The van der Waals surface area contributed by atoms with E-state index in [0.717, 1.165) is 16.3 Å². The number of aromatic nitrogens is 1. The summed E-state index contributed by atoms with van der Waals surface area (Å²) >= 11 is 1.24. The van der Waals surface area contributed by atoms with E-state index in [4.69, 9.17) is 4.74 Å². The molecule has 0 saturated carbocycles. The van der Waals surface area contributed by atoms with Crippen LogP contribution in [0.1, 0.15) is 31.0 Å². The second-order valence-electron chi connectivity index (χ2n) is 7.92. The third-order valence-corrected chi connectivity index (χ3v) is 6.79. The van der Waals surface area contributed by atoms with Gasteiger partial charge in [0.25, 0.3) is 5.56 Å². The Kier molecular flexibility index (Phi) is 5.71. The second kappa shape index (κ2) is 8.83. The SMILES string of the molecule is CCOC(=O)C1=C(C)N=c2s/c(=C/c3ccc(F)cc3)c(=O)n2[C@@H]1c1cccc2ccccc12. The maximum Gasteiger partial charge on any atom is 0.338 e. The van der Waals surface area contributed by atoms with E-state index in [1.807, 2.05) is 42.5 Å². The molecule has 1 atom stereocenters. The average molecular weight is 473 g/mol. The zero-order valence-electron chi connectivity index (χ0n) is 18.6. The number of rotatable bonds is 4. The van der Waals surface area contributed by atoms with Crippen molar-refractivity contribution in [1.82, 2.24) is 4.57 Å². The molecule has 3 aromatic carbocycles. The number of ether oxygens (including phenoxy) is 1. The predicted octanol–water partition coefficient (Wildman–Crippen LogP) is 4.09. The minimum Gasteiger partial charge on any atom is -0.463 e. The monoisotopic (exact) mass is 472 g/mol. The van der Waals surface area contributed by atoms with E-state index >= 15 is 0 Å². The van der Waals surface area contributed by atoms with E-state index < -0.39 is 12.0 Å². The van der Waals surface area contributed by atoms with Crippen molar-refractivity contribution in [3.8, 4) is 0 Å². The molecule has 170 valence electrons. The molecule has 5 nitrogen and oxygen atoms in total. The fourth-order valence-electron chi connectivity index (χ4n) is 4.29. The first-order valence-corrected chi connectivity index (χ1v) is 11.7. The van der Waals surface area contributed by atoms with Gasteiger partial charge in [-0.15, -0.1) is 0 Å². The molecule has 0 amide bonds. The summed E-state index contributed by atoms with van der Waals surface area (Å²) < 4.78 is 20.7. The quantitative estimate of drug-likeness (QED) is 0.421. The molecule has 0 aliphatic carbocycles. The summed E-state index contributed by atoms with van der Waals surface area (Å²) in [5, 5.41) is 1.95. The maximum absolute atomic E-state index is 13.7. The molecule has 1 aliphatic heterocycles. The van der Waals surface area contributed by atoms with Crippen LogP contribution in [0.5, 0.6) is 0 Å². The lowest BCUT2D eigenvalue weighted by molar-refractivity contribution is -0.139. The normalized spacial score (nSPS) is 15.9. The highest BCUT2D eigenvalue weighted by Gasteiger charge is 2.34. The minimum absolute atomic E-state index is 0.215. The number of nitrogens with zero attached hydrogens (tertiary/aromatic N) is 2. The second-order valence-corrected chi connectivity index (χ2v) is 8.93. The van der Waals surface area contributed by atoms with E-state index in [2.05, 4.69) is 4.99 Å². The van der Waals surface area contributed by atoms with Gasteiger partial charge in [0, 0.05) is 0 Å². The Bertz CT molecular complexity index is 1630. The van der Waals surface area contributed by atoms with E-state index in [1.165, 1.54) is 23.5 Å². The molecule has 5 rings (SSSR count). The lowest BCUT2D eigenvalue weighted by Gasteiger charge is -2.25. The smallest absolute Gasteiger partial charge is 0.338 e. The Morgan fingerprint density at radius 2 is 1.85 bits per heavy atom. The number of carbonyl (C=O) groups is 1. The molecule has 34 heavy (non-hydrogen) atoms. The molecule has 0 spiro atoms. The first-order valence-electron chi connectivity index (χ1n) is 10.9. The van der Waals surface area contributed by atoms with Gasteiger partial charge in [-0.3, -0.25) is 9.36 Å². The number of thiazole rings is 1. The van der Waals surface area contributed by atoms with E-state index in [1.54, 1.807) is 36.6 Å². The molecule has 0 bridgehead atoms. The molecule has 4 aromatic rings. The summed E-state index contributed by atoms with van der Waals surface area (Å²) in [6.45, 7) is 3.73. The lowest BCUT2D eigenvalue weighted by Crippen LogP contribution is -2.40.